The Morgan fingerprint density at radius 3 is 2.76 bits per heavy atom. The van der Waals surface area contributed by atoms with Crippen LogP contribution >= 0.6 is 0 Å². The van der Waals surface area contributed by atoms with E-state index in [1.807, 2.05) is 24.3 Å². The largest absolute Gasteiger partial charge is 0.497 e. The van der Waals surface area contributed by atoms with Crippen molar-refractivity contribution in [3.05, 3.63) is 24.3 Å². The first-order chi connectivity index (χ1) is 10.3. The molecule has 2 N–H and O–H groups in total. The monoisotopic (exact) mass is 292 g/mol. The minimum atomic E-state index is 0.126. The first-order valence-electron chi connectivity index (χ1n) is 7.55. The van der Waals surface area contributed by atoms with Crippen LogP contribution in [0, 0.1) is 5.92 Å². The fraction of sp³-hybridized carbons (Fsp3) is 0.562. The van der Waals surface area contributed by atoms with E-state index in [1.165, 1.54) is 0 Å². The van der Waals surface area contributed by atoms with Gasteiger partial charge in [0, 0.05) is 13.1 Å². The van der Waals surface area contributed by atoms with Crippen LogP contribution in [-0.4, -0.2) is 39.3 Å². The van der Waals surface area contributed by atoms with E-state index in [4.69, 9.17) is 9.47 Å². The van der Waals surface area contributed by atoms with E-state index >= 15 is 0 Å². The van der Waals surface area contributed by atoms with E-state index in [2.05, 4.69) is 10.6 Å². The highest BCUT2D eigenvalue weighted by molar-refractivity contribution is 5.78. The zero-order valence-electron chi connectivity index (χ0n) is 12.6. The molecule has 1 amide bonds. The van der Waals surface area contributed by atoms with Gasteiger partial charge in [-0.05, 0) is 50.1 Å². The van der Waals surface area contributed by atoms with Gasteiger partial charge in [-0.3, -0.25) is 4.79 Å². The molecule has 1 saturated heterocycles. The van der Waals surface area contributed by atoms with Crippen LogP contribution < -0.4 is 20.1 Å². The number of hydrogen-bond acceptors (Lipinski definition) is 4. The lowest BCUT2D eigenvalue weighted by atomic mass is 9.99. The van der Waals surface area contributed by atoms with E-state index in [9.17, 15) is 4.79 Å². The normalized spacial score (nSPS) is 18.0. The molecule has 0 aliphatic carbocycles. The highest BCUT2D eigenvalue weighted by Gasteiger charge is 2.19. The van der Waals surface area contributed by atoms with Crippen LogP contribution in [0.1, 0.15) is 19.3 Å². The van der Waals surface area contributed by atoms with E-state index in [0.717, 1.165) is 43.9 Å². The van der Waals surface area contributed by atoms with Gasteiger partial charge in [0.25, 0.3) is 0 Å². The molecule has 0 spiro atoms. The number of amides is 1. The lowest BCUT2D eigenvalue weighted by molar-refractivity contribution is -0.125. The van der Waals surface area contributed by atoms with Gasteiger partial charge in [0.05, 0.1) is 19.6 Å². The molecule has 1 aliphatic heterocycles. The Kier molecular flexibility index (Phi) is 6.34. The molecule has 0 aromatic heterocycles. The Labute approximate surface area is 126 Å². The van der Waals surface area contributed by atoms with E-state index in [-0.39, 0.29) is 11.8 Å². The van der Waals surface area contributed by atoms with Gasteiger partial charge in [0.15, 0.2) is 0 Å². The second-order valence-electron chi connectivity index (χ2n) is 5.21. The maximum atomic E-state index is 11.9. The number of carbonyl (C=O) groups is 1. The number of hydrogen-bond donors (Lipinski definition) is 2. The van der Waals surface area contributed by atoms with Gasteiger partial charge >= 0.3 is 0 Å². The smallest absolute Gasteiger partial charge is 0.224 e. The molecule has 0 bridgehead atoms. The molecule has 2 rings (SSSR count). The summed E-state index contributed by atoms with van der Waals surface area (Å²) in [5.41, 5.74) is 0. The van der Waals surface area contributed by atoms with Crippen molar-refractivity contribution in [3.63, 3.8) is 0 Å². The summed E-state index contributed by atoms with van der Waals surface area (Å²) in [5, 5.41) is 6.23. The Morgan fingerprint density at radius 1 is 1.33 bits per heavy atom. The van der Waals surface area contributed by atoms with Gasteiger partial charge < -0.3 is 20.1 Å². The minimum absolute atomic E-state index is 0.126. The first kappa shape index (κ1) is 15.6. The molecular weight excluding hydrogens is 268 g/mol. The average molecular weight is 292 g/mol. The van der Waals surface area contributed by atoms with Crippen molar-refractivity contribution in [2.75, 3.05) is 33.4 Å². The molecule has 1 aliphatic rings. The molecule has 1 atom stereocenters. The predicted octanol–water partition coefficient (Wildman–Crippen LogP) is 1.58. The highest BCUT2D eigenvalue weighted by Crippen LogP contribution is 2.17. The maximum absolute atomic E-state index is 11.9. The van der Waals surface area contributed by atoms with Crippen LogP contribution in [0.25, 0.3) is 0 Å². The number of ether oxygens (including phenoxy) is 2. The molecule has 0 saturated carbocycles. The topological polar surface area (TPSA) is 59.6 Å². The lowest BCUT2D eigenvalue weighted by Gasteiger charge is -2.21. The lowest BCUT2D eigenvalue weighted by Crippen LogP contribution is -2.40. The Balaban J connectivity index is 1.57. The van der Waals surface area contributed by atoms with Crippen molar-refractivity contribution in [1.82, 2.24) is 10.6 Å². The zero-order valence-corrected chi connectivity index (χ0v) is 12.6. The van der Waals surface area contributed by atoms with Gasteiger partial charge in [-0.1, -0.05) is 0 Å². The van der Waals surface area contributed by atoms with Crippen molar-refractivity contribution in [3.8, 4) is 11.5 Å². The zero-order chi connectivity index (χ0) is 14.9. The molecule has 5 nitrogen and oxygen atoms in total. The quantitative estimate of drug-likeness (QED) is 0.749. The van der Waals surface area contributed by atoms with Crippen LogP contribution in [0.4, 0.5) is 0 Å². The number of carbonyl (C=O) groups excluding carboxylic acids is 1. The van der Waals surface area contributed by atoms with Crippen molar-refractivity contribution in [2.24, 2.45) is 5.92 Å². The van der Waals surface area contributed by atoms with Gasteiger partial charge in [-0.15, -0.1) is 0 Å². The Morgan fingerprint density at radius 2 is 2.10 bits per heavy atom. The molecule has 1 unspecified atom stereocenters. The van der Waals surface area contributed by atoms with Crippen molar-refractivity contribution in [2.45, 2.75) is 19.3 Å². The minimum Gasteiger partial charge on any atom is -0.497 e. The molecule has 0 radical (unpaired) electrons. The Hall–Kier alpha value is -1.75. The third-order valence-corrected chi connectivity index (χ3v) is 3.62. The number of piperidine rings is 1. The standard InChI is InChI=1S/C16H24N2O3/c1-20-14-5-7-15(8-6-14)21-11-3-10-18-16(19)13-4-2-9-17-12-13/h5-8,13,17H,2-4,9-12H2,1H3,(H,18,19). The predicted molar refractivity (Wildman–Crippen MR) is 81.7 cm³/mol. The van der Waals surface area contributed by atoms with E-state index in [0.29, 0.717) is 13.2 Å². The summed E-state index contributed by atoms with van der Waals surface area (Å²) in [6, 6.07) is 7.50. The third kappa shape index (κ3) is 5.27. The van der Waals surface area contributed by atoms with Gasteiger partial charge in [-0.2, -0.15) is 0 Å². The van der Waals surface area contributed by atoms with Crippen LogP contribution in [0.2, 0.25) is 0 Å². The molecule has 1 aromatic rings. The van der Waals surface area contributed by atoms with Crippen molar-refractivity contribution >= 4 is 5.91 Å². The van der Waals surface area contributed by atoms with Crippen LogP contribution in [0.5, 0.6) is 11.5 Å². The molecule has 21 heavy (non-hydrogen) atoms. The molecule has 1 fully saturated rings. The number of methoxy groups -OCH3 is 1. The third-order valence-electron chi connectivity index (χ3n) is 3.62. The van der Waals surface area contributed by atoms with E-state index in [1.54, 1.807) is 7.11 Å². The number of rotatable bonds is 7. The second-order valence-corrected chi connectivity index (χ2v) is 5.21. The summed E-state index contributed by atoms with van der Waals surface area (Å²) in [6.45, 7) is 3.08. The number of nitrogens with one attached hydrogen (secondary N) is 2. The van der Waals surface area contributed by atoms with E-state index < -0.39 is 0 Å². The summed E-state index contributed by atoms with van der Waals surface area (Å²) in [5.74, 6) is 1.92. The average Bonchev–Trinajstić information content (AvgIpc) is 2.55. The molecule has 5 heteroatoms. The molecular formula is C16H24N2O3. The molecule has 1 heterocycles. The Bertz CT molecular complexity index is 428. The van der Waals surface area contributed by atoms with Crippen LogP contribution in [0.3, 0.4) is 0 Å². The van der Waals surface area contributed by atoms with Gasteiger partial charge in [0.1, 0.15) is 11.5 Å². The number of benzene rings is 1. The van der Waals surface area contributed by atoms with Crippen molar-refractivity contribution < 1.29 is 14.3 Å². The molecule has 116 valence electrons. The molecule has 1 aromatic carbocycles. The maximum Gasteiger partial charge on any atom is 0.224 e. The van der Waals surface area contributed by atoms with Gasteiger partial charge in [0.2, 0.25) is 5.91 Å². The summed E-state index contributed by atoms with van der Waals surface area (Å²) in [7, 11) is 1.64. The fourth-order valence-electron chi connectivity index (χ4n) is 2.37. The van der Waals surface area contributed by atoms with Crippen molar-refractivity contribution in [1.29, 1.82) is 0 Å². The van der Waals surface area contributed by atoms with Crippen LogP contribution in [-0.2, 0) is 4.79 Å². The summed E-state index contributed by atoms with van der Waals surface area (Å²) >= 11 is 0. The first-order valence-corrected chi connectivity index (χ1v) is 7.55. The summed E-state index contributed by atoms with van der Waals surface area (Å²) in [4.78, 5) is 11.9. The summed E-state index contributed by atoms with van der Waals surface area (Å²) < 4.78 is 10.7. The second kappa shape index (κ2) is 8.52. The highest BCUT2D eigenvalue weighted by atomic mass is 16.5. The SMILES string of the molecule is COc1ccc(OCCCNC(=O)C2CCCNC2)cc1. The van der Waals surface area contributed by atoms with Gasteiger partial charge in [-0.25, -0.2) is 0 Å². The van der Waals surface area contributed by atoms with Crippen LogP contribution in [0.15, 0.2) is 24.3 Å². The summed E-state index contributed by atoms with van der Waals surface area (Å²) in [6.07, 6.45) is 2.87. The fourth-order valence-corrected chi connectivity index (χ4v) is 2.37.